The van der Waals surface area contributed by atoms with Crippen LogP contribution in [-0.2, 0) is 4.74 Å². The Bertz CT molecular complexity index is 694. The first-order chi connectivity index (χ1) is 11.5. The molecule has 1 N–H and O–H groups in total. The number of ketones is 1. The molecule has 0 amide bonds. The van der Waals surface area contributed by atoms with Crippen LogP contribution in [-0.4, -0.2) is 23.5 Å². The third kappa shape index (κ3) is 4.54. The molecule has 0 heterocycles. The maximum Gasteiger partial charge on any atom is 0.202 e. The molecular weight excluding hydrogens is 304 g/mol. The highest BCUT2D eigenvalue weighted by Gasteiger charge is 2.19. The largest absolute Gasteiger partial charge is 0.464 e. The summed E-state index contributed by atoms with van der Waals surface area (Å²) < 4.78 is 11.2. The predicted octanol–water partition coefficient (Wildman–Crippen LogP) is 3.94. The van der Waals surface area contributed by atoms with Gasteiger partial charge in [0.1, 0.15) is 5.75 Å². The molecule has 4 heteroatoms. The Morgan fingerprint density at radius 3 is 2.38 bits per heavy atom. The minimum atomic E-state index is -1.10. The van der Waals surface area contributed by atoms with E-state index < -0.39 is 12.6 Å². The number of aliphatic hydroxyl groups is 1. The average molecular weight is 326 g/mol. The Kier molecular flexibility index (Phi) is 6.29. The van der Waals surface area contributed by atoms with Crippen molar-refractivity contribution in [2.24, 2.45) is 0 Å². The molecule has 0 fully saturated rings. The molecule has 0 aromatic heterocycles. The minimum absolute atomic E-state index is 0.124. The fourth-order valence-corrected chi connectivity index (χ4v) is 2.11. The monoisotopic (exact) mass is 326 g/mol. The molecule has 2 aromatic rings. The Balaban J connectivity index is 2.22. The molecule has 0 spiro atoms. The van der Waals surface area contributed by atoms with Crippen LogP contribution in [0.2, 0.25) is 0 Å². The molecule has 0 radical (unpaired) electrons. The zero-order chi connectivity index (χ0) is 17.5. The summed E-state index contributed by atoms with van der Waals surface area (Å²) in [4.78, 5) is 12.7. The summed E-state index contributed by atoms with van der Waals surface area (Å²) in [5.74, 6) is 0.300. The van der Waals surface area contributed by atoms with E-state index in [4.69, 9.17) is 9.47 Å². The van der Waals surface area contributed by atoms with Crippen LogP contribution >= 0.6 is 0 Å². The summed E-state index contributed by atoms with van der Waals surface area (Å²) in [7, 11) is 0. The third-order valence-corrected chi connectivity index (χ3v) is 3.46. The number of carbonyl (C=O) groups excluding carboxylic acids is 1. The van der Waals surface area contributed by atoms with Crippen LogP contribution in [0.15, 0.2) is 66.7 Å². The molecule has 2 aromatic carbocycles. The molecule has 0 saturated carbocycles. The molecule has 2 rings (SSSR count). The first-order valence-electron chi connectivity index (χ1n) is 7.87. The van der Waals surface area contributed by atoms with Gasteiger partial charge in [0.15, 0.2) is 12.1 Å². The van der Waals surface area contributed by atoms with Crippen molar-refractivity contribution in [3.05, 3.63) is 77.9 Å². The van der Waals surface area contributed by atoms with Crippen molar-refractivity contribution < 1.29 is 19.4 Å². The lowest BCUT2D eigenvalue weighted by Gasteiger charge is -2.22. The minimum Gasteiger partial charge on any atom is -0.464 e. The van der Waals surface area contributed by atoms with Gasteiger partial charge in [0.2, 0.25) is 6.29 Å². The van der Waals surface area contributed by atoms with Crippen LogP contribution in [0.25, 0.3) is 0 Å². The van der Waals surface area contributed by atoms with E-state index in [-0.39, 0.29) is 5.78 Å². The number of hydrogen-bond acceptors (Lipinski definition) is 4. The van der Waals surface area contributed by atoms with Crippen LogP contribution in [0.4, 0.5) is 0 Å². The van der Waals surface area contributed by atoms with Gasteiger partial charge in [0.05, 0.1) is 5.56 Å². The Hall–Kier alpha value is -2.43. The molecule has 24 heavy (non-hydrogen) atoms. The lowest BCUT2D eigenvalue weighted by Crippen LogP contribution is -2.27. The first kappa shape index (κ1) is 17.9. The fraction of sp³-hybridized carbons (Fsp3) is 0.250. The number of rotatable bonds is 8. The highest BCUT2D eigenvalue weighted by molar-refractivity contribution is 6.10. The van der Waals surface area contributed by atoms with E-state index in [1.165, 1.54) is 0 Å². The van der Waals surface area contributed by atoms with Crippen LogP contribution in [0.3, 0.4) is 0 Å². The number of para-hydroxylation sites is 1. The van der Waals surface area contributed by atoms with E-state index in [9.17, 15) is 9.90 Å². The summed E-state index contributed by atoms with van der Waals surface area (Å²) in [5.41, 5.74) is 1.53. The van der Waals surface area contributed by atoms with Crippen LogP contribution in [0, 0.1) is 0 Å². The van der Waals surface area contributed by atoms with Gasteiger partial charge in [-0.2, -0.15) is 0 Å². The Morgan fingerprint density at radius 2 is 1.75 bits per heavy atom. The zero-order valence-corrected chi connectivity index (χ0v) is 13.9. The molecule has 4 nitrogen and oxygen atoms in total. The third-order valence-electron chi connectivity index (χ3n) is 3.46. The van der Waals surface area contributed by atoms with Crippen molar-refractivity contribution >= 4 is 5.78 Å². The Morgan fingerprint density at radius 1 is 1.12 bits per heavy atom. The summed E-state index contributed by atoms with van der Waals surface area (Å²) >= 11 is 0. The maximum atomic E-state index is 12.7. The van der Waals surface area contributed by atoms with Gasteiger partial charge in [-0.15, -0.1) is 0 Å². The second-order valence-corrected chi connectivity index (χ2v) is 5.48. The highest BCUT2D eigenvalue weighted by Crippen LogP contribution is 2.24. The van der Waals surface area contributed by atoms with Crippen molar-refractivity contribution in [2.75, 3.05) is 0 Å². The number of aliphatic hydroxyl groups excluding tert-OH is 1. The van der Waals surface area contributed by atoms with Crippen LogP contribution in [0.1, 0.15) is 36.2 Å². The molecule has 2 unspecified atom stereocenters. The van der Waals surface area contributed by atoms with E-state index in [0.717, 1.165) is 0 Å². The lowest BCUT2D eigenvalue weighted by atomic mass is 10.0. The van der Waals surface area contributed by atoms with E-state index in [0.29, 0.717) is 28.9 Å². The number of ether oxygens (including phenoxy) is 2. The van der Waals surface area contributed by atoms with Crippen molar-refractivity contribution in [1.82, 2.24) is 0 Å². The van der Waals surface area contributed by atoms with Crippen molar-refractivity contribution in [2.45, 2.75) is 32.8 Å². The van der Waals surface area contributed by atoms with E-state index in [2.05, 4.69) is 6.58 Å². The molecule has 0 aliphatic rings. The second-order valence-electron chi connectivity index (χ2n) is 5.48. The summed E-state index contributed by atoms with van der Waals surface area (Å²) in [6.45, 7) is 7.19. The van der Waals surface area contributed by atoms with E-state index in [1.54, 1.807) is 43.3 Å². The molecule has 126 valence electrons. The van der Waals surface area contributed by atoms with Gasteiger partial charge in [-0.1, -0.05) is 56.0 Å². The maximum absolute atomic E-state index is 12.7. The van der Waals surface area contributed by atoms with Gasteiger partial charge in [-0.25, -0.2) is 0 Å². The normalized spacial score (nSPS) is 13.1. The first-order valence-corrected chi connectivity index (χ1v) is 7.87. The average Bonchev–Trinajstić information content (AvgIpc) is 2.61. The highest BCUT2D eigenvalue weighted by atomic mass is 16.7. The second kappa shape index (κ2) is 8.43. The quantitative estimate of drug-likeness (QED) is 0.453. The Labute approximate surface area is 142 Å². The smallest absolute Gasteiger partial charge is 0.202 e. The van der Waals surface area contributed by atoms with Crippen molar-refractivity contribution in [1.29, 1.82) is 0 Å². The number of carbonyl (C=O) groups is 1. The molecular formula is C20H22O4. The molecule has 0 aliphatic carbocycles. The van der Waals surface area contributed by atoms with Crippen LogP contribution in [0.5, 0.6) is 5.75 Å². The van der Waals surface area contributed by atoms with E-state index >= 15 is 0 Å². The van der Waals surface area contributed by atoms with Gasteiger partial charge < -0.3 is 14.6 Å². The van der Waals surface area contributed by atoms with Gasteiger partial charge >= 0.3 is 0 Å². The lowest BCUT2D eigenvalue weighted by molar-refractivity contribution is -0.179. The van der Waals surface area contributed by atoms with Crippen molar-refractivity contribution in [3.8, 4) is 5.75 Å². The summed E-state index contributed by atoms with van der Waals surface area (Å²) in [6, 6.07) is 16.0. The molecule has 0 bridgehead atoms. The van der Waals surface area contributed by atoms with Gasteiger partial charge in [0.25, 0.3) is 0 Å². The van der Waals surface area contributed by atoms with Gasteiger partial charge in [-0.3, -0.25) is 4.79 Å². The summed E-state index contributed by atoms with van der Waals surface area (Å²) in [5, 5.41) is 9.79. The predicted molar refractivity (Wildman–Crippen MR) is 92.9 cm³/mol. The standard InChI is InChI=1S/C20H22O4/c1-4-18(24-20(22)14(2)3)23-17-13-9-8-12-16(17)19(21)15-10-6-5-7-11-15/h5-13,18,20,22H,2,4H2,1,3H3. The number of hydrogen-bond donors (Lipinski definition) is 1. The SMILES string of the molecule is C=C(C)C(O)OC(CC)Oc1ccccc1C(=O)c1ccccc1. The summed E-state index contributed by atoms with van der Waals surface area (Å²) in [6.07, 6.45) is -1.27. The zero-order valence-electron chi connectivity index (χ0n) is 13.9. The molecule has 0 saturated heterocycles. The number of benzene rings is 2. The van der Waals surface area contributed by atoms with Crippen molar-refractivity contribution in [3.63, 3.8) is 0 Å². The van der Waals surface area contributed by atoms with E-state index in [1.807, 2.05) is 25.1 Å². The van der Waals surface area contributed by atoms with Gasteiger partial charge in [-0.05, 0) is 24.6 Å². The van der Waals surface area contributed by atoms with Crippen LogP contribution < -0.4 is 4.74 Å². The fourth-order valence-electron chi connectivity index (χ4n) is 2.11. The molecule has 0 aliphatic heterocycles. The van der Waals surface area contributed by atoms with Gasteiger partial charge in [0, 0.05) is 12.0 Å². The molecule has 2 atom stereocenters. The topological polar surface area (TPSA) is 55.8 Å².